The molecular formula is C18H13ClN4O6. The molecule has 0 aromatic heterocycles. The van der Waals surface area contributed by atoms with Crippen molar-refractivity contribution in [2.75, 3.05) is 5.32 Å². The lowest BCUT2D eigenvalue weighted by Gasteiger charge is -2.04. The van der Waals surface area contributed by atoms with Gasteiger partial charge >= 0.3 is 17.8 Å². The summed E-state index contributed by atoms with van der Waals surface area (Å²) in [5.74, 6) is -3.20. The highest BCUT2D eigenvalue weighted by Gasteiger charge is 2.13. The molecule has 29 heavy (non-hydrogen) atoms. The zero-order valence-electron chi connectivity index (χ0n) is 14.5. The minimum absolute atomic E-state index is 0.0338. The van der Waals surface area contributed by atoms with Crippen molar-refractivity contribution in [2.24, 2.45) is 5.10 Å². The number of nitrogens with zero attached hydrogens (tertiary/aromatic N) is 2. The molecule has 148 valence electrons. The van der Waals surface area contributed by atoms with Gasteiger partial charge in [-0.25, -0.2) is 10.2 Å². The van der Waals surface area contributed by atoms with E-state index in [9.17, 15) is 24.5 Å². The lowest BCUT2D eigenvalue weighted by molar-refractivity contribution is -0.384. The molecule has 0 saturated carbocycles. The maximum Gasteiger partial charge on any atom is 0.335 e. The molecule has 2 amide bonds. The van der Waals surface area contributed by atoms with Crippen LogP contribution in [0.3, 0.4) is 0 Å². The Labute approximate surface area is 168 Å². The molecule has 0 unspecified atom stereocenters. The van der Waals surface area contributed by atoms with Crippen LogP contribution in [-0.2, 0) is 9.59 Å². The number of benzene rings is 2. The van der Waals surface area contributed by atoms with Crippen LogP contribution in [0.5, 0.6) is 0 Å². The van der Waals surface area contributed by atoms with Gasteiger partial charge < -0.3 is 10.4 Å². The average Bonchev–Trinajstić information content (AvgIpc) is 2.68. The highest BCUT2D eigenvalue weighted by Crippen LogP contribution is 2.15. The number of non-ortho nitro benzene ring substituents is 1. The normalized spacial score (nSPS) is 11.1. The Kier molecular flexibility index (Phi) is 7.15. The number of rotatable bonds is 6. The van der Waals surface area contributed by atoms with Gasteiger partial charge in [0.2, 0.25) is 0 Å². The third kappa shape index (κ3) is 6.56. The zero-order chi connectivity index (χ0) is 21.4. The molecule has 2 aromatic rings. The summed E-state index contributed by atoms with van der Waals surface area (Å²) in [7, 11) is 0. The van der Waals surface area contributed by atoms with Crippen LogP contribution in [0.15, 0.2) is 58.7 Å². The first-order valence-corrected chi connectivity index (χ1v) is 8.23. The predicted molar refractivity (Wildman–Crippen MR) is 106 cm³/mol. The number of hydrogen-bond donors (Lipinski definition) is 3. The van der Waals surface area contributed by atoms with E-state index in [1.54, 1.807) is 0 Å². The number of carbonyl (C=O) groups is 3. The molecule has 11 heteroatoms. The molecule has 3 N–H and O–H groups in total. The average molecular weight is 417 g/mol. The number of hydrogen-bond acceptors (Lipinski definition) is 6. The van der Waals surface area contributed by atoms with Crippen LogP contribution in [0.4, 0.5) is 11.4 Å². The molecule has 2 rings (SSSR count). The zero-order valence-corrected chi connectivity index (χ0v) is 15.3. The Bertz CT molecular complexity index is 1000. The monoisotopic (exact) mass is 416 g/mol. The van der Waals surface area contributed by atoms with E-state index in [0.29, 0.717) is 5.56 Å². The number of carboxylic acids is 1. The number of allylic oxidation sites excluding steroid dienone is 1. The molecule has 0 radical (unpaired) electrons. The fraction of sp³-hybridized carbons (Fsp3) is 0. The third-order valence-electron chi connectivity index (χ3n) is 3.36. The second-order valence-corrected chi connectivity index (χ2v) is 5.85. The second kappa shape index (κ2) is 9.76. The van der Waals surface area contributed by atoms with Gasteiger partial charge in [-0.3, -0.25) is 19.7 Å². The summed E-state index contributed by atoms with van der Waals surface area (Å²) >= 11 is 5.93. The van der Waals surface area contributed by atoms with E-state index in [0.717, 1.165) is 6.21 Å². The van der Waals surface area contributed by atoms with Gasteiger partial charge in [-0.1, -0.05) is 11.6 Å². The number of nitro benzene ring substituents is 1. The van der Waals surface area contributed by atoms with Crippen molar-refractivity contribution in [1.82, 2.24) is 5.43 Å². The smallest absolute Gasteiger partial charge is 0.335 e. The minimum Gasteiger partial charge on any atom is -0.478 e. The Morgan fingerprint density at radius 2 is 1.66 bits per heavy atom. The molecule has 0 spiro atoms. The van der Waals surface area contributed by atoms with Crippen molar-refractivity contribution in [3.05, 3.63) is 74.8 Å². The quantitative estimate of drug-likeness (QED) is 0.285. The summed E-state index contributed by atoms with van der Waals surface area (Å²) in [4.78, 5) is 44.3. The van der Waals surface area contributed by atoms with Crippen LogP contribution in [0, 0.1) is 10.1 Å². The summed E-state index contributed by atoms with van der Waals surface area (Å²) in [5.41, 5.74) is 2.75. The van der Waals surface area contributed by atoms with Gasteiger partial charge in [0.05, 0.1) is 21.7 Å². The molecule has 10 nitrogen and oxygen atoms in total. The number of anilines is 1. The van der Waals surface area contributed by atoms with Crippen LogP contribution in [0.2, 0.25) is 0 Å². The van der Waals surface area contributed by atoms with Gasteiger partial charge in [-0.2, -0.15) is 5.10 Å². The first kappa shape index (κ1) is 21.3. The molecule has 2 aromatic carbocycles. The van der Waals surface area contributed by atoms with Crippen LogP contribution >= 0.6 is 11.6 Å². The second-order valence-electron chi connectivity index (χ2n) is 5.41. The number of amides is 2. The lowest BCUT2D eigenvalue weighted by Crippen LogP contribution is -2.32. The highest BCUT2D eigenvalue weighted by atomic mass is 35.5. The SMILES string of the molecule is O=C(N/N=C\C(Cl)=C\c1ccc([N+](=O)[O-])cc1)C(=O)Nc1ccc(C(=O)O)cc1. The topological polar surface area (TPSA) is 151 Å². The van der Waals surface area contributed by atoms with E-state index in [1.165, 1.54) is 54.6 Å². The third-order valence-corrected chi connectivity index (χ3v) is 3.57. The number of nitrogens with one attached hydrogen (secondary N) is 2. The number of carboxylic acid groups (broad SMARTS) is 1. The lowest BCUT2D eigenvalue weighted by atomic mass is 10.2. The van der Waals surface area contributed by atoms with E-state index in [-0.39, 0.29) is 22.0 Å². The van der Waals surface area contributed by atoms with Gasteiger partial charge in [-0.15, -0.1) is 0 Å². The van der Waals surface area contributed by atoms with Gasteiger partial charge in [-0.05, 0) is 48.0 Å². The van der Waals surface area contributed by atoms with E-state index in [4.69, 9.17) is 16.7 Å². The number of nitro groups is 1. The summed E-state index contributed by atoms with van der Waals surface area (Å²) in [6.07, 6.45) is 2.53. The molecule has 0 bridgehead atoms. The van der Waals surface area contributed by atoms with Gasteiger partial charge in [0.15, 0.2) is 0 Å². The van der Waals surface area contributed by atoms with E-state index in [2.05, 4.69) is 10.4 Å². The number of carbonyl (C=O) groups excluding carboxylic acids is 2. The van der Waals surface area contributed by atoms with E-state index in [1.807, 2.05) is 5.43 Å². The Morgan fingerprint density at radius 3 is 2.21 bits per heavy atom. The molecule has 0 heterocycles. The molecular weight excluding hydrogens is 404 g/mol. The summed E-state index contributed by atoms with van der Waals surface area (Å²) in [6.45, 7) is 0. The van der Waals surface area contributed by atoms with Crippen molar-refractivity contribution >= 4 is 53.0 Å². The fourth-order valence-electron chi connectivity index (χ4n) is 1.98. The van der Waals surface area contributed by atoms with Crippen molar-refractivity contribution in [3.8, 4) is 0 Å². The first-order chi connectivity index (χ1) is 13.8. The van der Waals surface area contributed by atoms with Gasteiger partial charge in [0, 0.05) is 17.8 Å². The van der Waals surface area contributed by atoms with Gasteiger partial charge in [0.25, 0.3) is 5.69 Å². The van der Waals surface area contributed by atoms with Gasteiger partial charge in [0.1, 0.15) is 0 Å². The molecule has 0 aliphatic carbocycles. The van der Waals surface area contributed by atoms with Crippen molar-refractivity contribution in [1.29, 1.82) is 0 Å². The van der Waals surface area contributed by atoms with E-state index < -0.39 is 22.7 Å². The van der Waals surface area contributed by atoms with Crippen LogP contribution < -0.4 is 10.7 Å². The highest BCUT2D eigenvalue weighted by molar-refractivity contribution is 6.42. The molecule has 0 aliphatic rings. The largest absolute Gasteiger partial charge is 0.478 e. The molecule has 0 atom stereocenters. The Morgan fingerprint density at radius 1 is 1.03 bits per heavy atom. The maximum absolute atomic E-state index is 11.8. The van der Waals surface area contributed by atoms with Crippen molar-refractivity contribution < 1.29 is 24.4 Å². The summed E-state index contributed by atoms with van der Waals surface area (Å²) in [6, 6.07) is 10.8. The molecule has 0 aliphatic heterocycles. The van der Waals surface area contributed by atoms with Crippen molar-refractivity contribution in [3.63, 3.8) is 0 Å². The van der Waals surface area contributed by atoms with E-state index >= 15 is 0 Å². The predicted octanol–water partition coefficient (Wildman–Crippen LogP) is 2.61. The molecule has 0 saturated heterocycles. The standard InChI is InChI=1S/C18H13ClN4O6/c19-13(9-11-1-7-15(8-2-11)23(28)29)10-20-22-17(25)16(24)21-14-5-3-12(4-6-14)18(26)27/h1-10H,(H,21,24)(H,22,25)(H,26,27)/b13-9-,20-10-. The minimum atomic E-state index is -1.12. The summed E-state index contributed by atoms with van der Waals surface area (Å²) in [5, 5.41) is 25.3. The molecule has 0 fully saturated rings. The van der Waals surface area contributed by atoms with Crippen LogP contribution in [0.1, 0.15) is 15.9 Å². The number of aromatic carboxylic acids is 1. The first-order valence-electron chi connectivity index (χ1n) is 7.85. The van der Waals surface area contributed by atoms with Crippen LogP contribution in [-0.4, -0.2) is 34.0 Å². The fourth-order valence-corrected chi connectivity index (χ4v) is 2.15. The van der Waals surface area contributed by atoms with Crippen LogP contribution in [0.25, 0.3) is 6.08 Å². The Hall–Kier alpha value is -4.05. The number of halogens is 1. The van der Waals surface area contributed by atoms with Crippen molar-refractivity contribution in [2.45, 2.75) is 0 Å². The number of hydrazone groups is 1. The Balaban J connectivity index is 1.89. The maximum atomic E-state index is 11.8. The summed E-state index contributed by atoms with van der Waals surface area (Å²) < 4.78 is 0.